The summed E-state index contributed by atoms with van der Waals surface area (Å²) < 4.78 is 48.5. The van der Waals surface area contributed by atoms with Crippen LogP contribution in [0.15, 0.2) is 188 Å². The highest BCUT2D eigenvalue weighted by Gasteiger charge is 2.31. The first kappa shape index (κ1) is 36.7. The van der Waals surface area contributed by atoms with Gasteiger partial charge in [0.2, 0.25) is 0 Å². The Morgan fingerprint density at radius 3 is 1.80 bits per heavy atom. The highest BCUT2D eigenvalue weighted by Crippen LogP contribution is 2.48. The molecule has 0 unspecified atom stereocenters. The number of alkyl halides is 3. The molecule has 7 heteroatoms. The van der Waals surface area contributed by atoms with Crippen molar-refractivity contribution in [2.24, 2.45) is 0 Å². The molecule has 61 heavy (non-hydrogen) atoms. The number of aromatic nitrogens is 3. The number of aryl methyl sites for hydroxylation is 1. The number of thiophene rings is 1. The molecule has 3 nitrogen and oxygen atoms in total. The number of nitrogens with zero attached hydrogens (tertiary/aromatic N) is 3. The summed E-state index contributed by atoms with van der Waals surface area (Å²) in [4.78, 5) is 10.2. The Labute approximate surface area is 353 Å². The molecule has 11 rings (SSSR count). The smallest absolute Gasteiger partial charge is 0.308 e. The first-order chi connectivity index (χ1) is 29.8. The van der Waals surface area contributed by atoms with E-state index in [1.54, 1.807) is 17.4 Å². The van der Waals surface area contributed by atoms with E-state index in [0.29, 0.717) is 22.6 Å². The summed E-state index contributed by atoms with van der Waals surface area (Å²) in [7, 11) is 0. The fraction of sp³-hybridized carbons (Fsp3) is 0.0370. The third-order valence-electron chi connectivity index (χ3n) is 11.5. The maximum Gasteiger partial charge on any atom is 0.416 e. The molecule has 3 aromatic heterocycles. The fourth-order valence-corrected chi connectivity index (χ4v) is 9.94. The number of para-hydroxylation sites is 1. The van der Waals surface area contributed by atoms with Crippen molar-refractivity contribution in [1.82, 2.24) is 14.5 Å². The van der Waals surface area contributed by atoms with E-state index >= 15 is 0 Å². The summed E-state index contributed by atoms with van der Waals surface area (Å²) in [5.41, 5.74) is 9.82. The number of rotatable bonds is 6. The summed E-state index contributed by atoms with van der Waals surface area (Å²) in [6.45, 7) is 2.06. The van der Waals surface area contributed by atoms with Crippen molar-refractivity contribution in [3.05, 3.63) is 199 Å². The maximum atomic E-state index is 14.6. The van der Waals surface area contributed by atoms with E-state index in [-0.39, 0.29) is 0 Å². The van der Waals surface area contributed by atoms with Crippen molar-refractivity contribution < 1.29 is 13.2 Å². The Morgan fingerprint density at radius 2 is 1.08 bits per heavy atom. The van der Waals surface area contributed by atoms with Crippen LogP contribution in [-0.2, 0) is 6.18 Å². The van der Waals surface area contributed by atoms with Crippen LogP contribution in [0, 0.1) is 6.92 Å². The van der Waals surface area contributed by atoms with E-state index in [0.717, 1.165) is 72.6 Å². The molecule has 0 amide bonds. The lowest BCUT2D eigenvalue weighted by atomic mass is 9.90. The van der Waals surface area contributed by atoms with Gasteiger partial charge in [-0.1, -0.05) is 145 Å². The molecule has 11 aromatic rings. The Morgan fingerprint density at radius 1 is 0.475 bits per heavy atom. The van der Waals surface area contributed by atoms with Gasteiger partial charge < -0.3 is 4.57 Å². The van der Waals surface area contributed by atoms with E-state index < -0.39 is 11.7 Å². The normalized spacial score (nSPS) is 11.9. The van der Waals surface area contributed by atoms with E-state index in [1.165, 1.54) is 32.3 Å². The number of hydrogen-bond donors (Lipinski definition) is 0. The molecule has 0 saturated carbocycles. The van der Waals surface area contributed by atoms with E-state index in [9.17, 15) is 13.2 Å². The average Bonchev–Trinajstić information content (AvgIpc) is 3.84. The minimum Gasteiger partial charge on any atom is -0.308 e. The molecule has 3 heterocycles. The summed E-state index contributed by atoms with van der Waals surface area (Å²) in [5, 5.41) is 4.56. The van der Waals surface area contributed by atoms with E-state index in [1.807, 2.05) is 84.9 Å². The summed E-state index contributed by atoms with van der Waals surface area (Å²) in [6, 6.07) is 61.1. The lowest BCUT2D eigenvalue weighted by molar-refractivity contribution is -0.137. The lowest BCUT2D eigenvalue weighted by Gasteiger charge is -2.22. The van der Waals surface area contributed by atoms with Gasteiger partial charge in [-0.05, 0) is 66.6 Å². The topological polar surface area (TPSA) is 30.7 Å². The summed E-state index contributed by atoms with van der Waals surface area (Å²) in [5.74, 6) is 0.550. The molecule has 0 fully saturated rings. The number of halogens is 3. The highest BCUT2D eigenvalue weighted by molar-refractivity contribution is 7.26. The zero-order valence-electron chi connectivity index (χ0n) is 32.8. The van der Waals surface area contributed by atoms with Gasteiger partial charge in [-0.15, -0.1) is 11.3 Å². The molecule has 0 aliphatic rings. The van der Waals surface area contributed by atoms with Crippen molar-refractivity contribution in [3.63, 3.8) is 0 Å². The Kier molecular flexibility index (Phi) is 8.69. The Hall–Kier alpha value is -7.35. The van der Waals surface area contributed by atoms with Gasteiger partial charge in [0.1, 0.15) is 0 Å². The number of fused-ring (bicyclic) bond motifs is 7. The second kappa shape index (κ2) is 14.4. The second-order valence-corrected chi connectivity index (χ2v) is 16.4. The Balaban J connectivity index is 1.29. The monoisotopic (exact) mass is 813 g/mol. The second-order valence-electron chi connectivity index (χ2n) is 15.3. The van der Waals surface area contributed by atoms with Crippen LogP contribution in [0.25, 0.3) is 104 Å². The highest BCUT2D eigenvalue weighted by atomic mass is 32.1. The average molecular weight is 814 g/mol. The third kappa shape index (κ3) is 6.37. The van der Waals surface area contributed by atoms with Crippen LogP contribution in [0.5, 0.6) is 0 Å². The summed E-state index contributed by atoms with van der Waals surface area (Å²) in [6.07, 6.45) is -4.55. The van der Waals surface area contributed by atoms with Crippen LogP contribution in [0.2, 0.25) is 0 Å². The molecule has 0 saturated heterocycles. The van der Waals surface area contributed by atoms with Crippen LogP contribution < -0.4 is 0 Å². The predicted molar refractivity (Wildman–Crippen MR) is 246 cm³/mol. The standard InChI is InChI=1S/C54H34F3N3S/c1-33-14-12-19-36(28-33)43-30-38(46-32-45(34-15-4-2-5-16-34)58-53(59-46)35-17-6-3-7-18-35)31-44(37-20-13-21-39(29-37)54(55,56)57)51(43)60-47-24-10-8-23-42(47)50-48(60)27-26-41-40-22-9-11-25-49(40)61-52(41)50/h2-32H,1H3. The van der Waals surface area contributed by atoms with E-state index in [2.05, 4.69) is 90.4 Å². The quantitative estimate of drug-likeness (QED) is 0.167. The molecule has 0 bridgehead atoms. The molecule has 0 atom stereocenters. The minimum absolute atomic E-state index is 0.440. The molecule has 0 aliphatic carbocycles. The molecule has 0 spiro atoms. The van der Waals surface area contributed by atoms with Crippen molar-refractivity contribution >= 4 is 53.3 Å². The van der Waals surface area contributed by atoms with Crippen LogP contribution in [-0.4, -0.2) is 14.5 Å². The van der Waals surface area contributed by atoms with Gasteiger partial charge in [-0.3, -0.25) is 0 Å². The van der Waals surface area contributed by atoms with Gasteiger partial charge in [-0.2, -0.15) is 13.2 Å². The van der Waals surface area contributed by atoms with Gasteiger partial charge in [-0.25, -0.2) is 9.97 Å². The zero-order chi connectivity index (χ0) is 41.2. The van der Waals surface area contributed by atoms with Crippen molar-refractivity contribution in [2.45, 2.75) is 13.1 Å². The SMILES string of the molecule is Cc1cccc(-c2cc(-c3cc(-c4ccccc4)nc(-c4ccccc4)n3)cc(-c3cccc(C(F)(F)F)c3)c2-n2c3ccccc3c3c4sc5ccccc5c4ccc32)c1. The van der Waals surface area contributed by atoms with Gasteiger partial charge >= 0.3 is 6.18 Å². The molecule has 8 aromatic carbocycles. The van der Waals surface area contributed by atoms with Gasteiger partial charge in [0.25, 0.3) is 0 Å². The molecule has 292 valence electrons. The van der Waals surface area contributed by atoms with Crippen molar-refractivity contribution in [3.8, 4) is 61.8 Å². The number of benzene rings is 8. The zero-order valence-corrected chi connectivity index (χ0v) is 33.6. The van der Waals surface area contributed by atoms with Gasteiger partial charge in [0.15, 0.2) is 5.82 Å². The van der Waals surface area contributed by atoms with Crippen LogP contribution in [0.3, 0.4) is 0 Å². The van der Waals surface area contributed by atoms with Crippen LogP contribution in [0.4, 0.5) is 13.2 Å². The first-order valence-corrected chi connectivity index (χ1v) is 20.9. The molecule has 0 N–H and O–H groups in total. The van der Waals surface area contributed by atoms with Crippen LogP contribution >= 0.6 is 11.3 Å². The minimum atomic E-state index is -4.55. The lowest BCUT2D eigenvalue weighted by Crippen LogP contribution is -2.06. The van der Waals surface area contributed by atoms with E-state index in [4.69, 9.17) is 9.97 Å². The molecular weight excluding hydrogens is 780 g/mol. The molecule has 0 aliphatic heterocycles. The predicted octanol–water partition coefficient (Wildman–Crippen LogP) is 15.6. The largest absolute Gasteiger partial charge is 0.416 e. The summed E-state index contributed by atoms with van der Waals surface area (Å²) >= 11 is 1.77. The molecular formula is C54H34F3N3S. The number of hydrogen-bond acceptors (Lipinski definition) is 3. The Bertz CT molecular complexity index is 3420. The third-order valence-corrected chi connectivity index (χ3v) is 12.7. The first-order valence-electron chi connectivity index (χ1n) is 20.1. The fourth-order valence-electron chi connectivity index (χ4n) is 8.68. The maximum absolute atomic E-state index is 14.6. The van der Waals surface area contributed by atoms with Crippen LogP contribution in [0.1, 0.15) is 11.1 Å². The van der Waals surface area contributed by atoms with Gasteiger partial charge in [0.05, 0.1) is 33.7 Å². The van der Waals surface area contributed by atoms with Gasteiger partial charge in [0, 0.05) is 58.8 Å². The van der Waals surface area contributed by atoms with Crippen molar-refractivity contribution in [1.29, 1.82) is 0 Å². The molecule has 0 radical (unpaired) electrons. The van der Waals surface area contributed by atoms with Crippen molar-refractivity contribution in [2.75, 3.05) is 0 Å².